The number of aliphatic carboxylic acids is 1. The predicted octanol–water partition coefficient (Wildman–Crippen LogP) is 2.26. The van der Waals surface area contributed by atoms with E-state index in [2.05, 4.69) is 9.36 Å². The van der Waals surface area contributed by atoms with Gasteiger partial charge < -0.3 is 5.11 Å². The number of benzene rings is 1. The van der Waals surface area contributed by atoms with Crippen molar-refractivity contribution >= 4 is 17.5 Å². The van der Waals surface area contributed by atoms with Gasteiger partial charge in [0.2, 0.25) is 0 Å². The minimum absolute atomic E-state index is 0.456. The zero-order chi connectivity index (χ0) is 12.3. The molecule has 1 unspecified atom stereocenters. The number of rotatable bonds is 4. The van der Waals surface area contributed by atoms with E-state index in [4.69, 9.17) is 0 Å². The first-order valence-corrected chi connectivity index (χ1v) is 5.99. The number of hydrogen-bond acceptors (Lipinski definition) is 4. The van der Waals surface area contributed by atoms with Crippen LogP contribution in [0.5, 0.6) is 0 Å². The van der Waals surface area contributed by atoms with Crippen molar-refractivity contribution in [1.29, 1.82) is 0 Å². The number of nitrogens with zero attached hydrogens (tertiary/aromatic N) is 2. The zero-order valence-electron chi connectivity index (χ0n) is 9.33. The van der Waals surface area contributed by atoms with E-state index < -0.39 is 11.9 Å². The predicted molar refractivity (Wildman–Crippen MR) is 65.2 cm³/mol. The van der Waals surface area contributed by atoms with E-state index in [1.54, 1.807) is 0 Å². The normalized spacial score (nSPS) is 12.3. The summed E-state index contributed by atoms with van der Waals surface area (Å²) < 4.78 is 3.86. The van der Waals surface area contributed by atoms with Crippen molar-refractivity contribution in [3.63, 3.8) is 0 Å². The zero-order valence-corrected chi connectivity index (χ0v) is 10.1. The number of carbonyl (C=O) groups is 1. The van der Waals surface area contributed by atoms with E-state index in [1.807, 2.05) is 31.2 Å². The fraction of sp³-hybridized carbons (Fsp3) is 0.250. The highest BCUT2D eigenvalue weighted by atomic mass is 32.1. The van der Waals surface area contributed by atoms with Gasteiger partial charge >= 0.3 is 5.97 Å². The van der Waals surface area contributed by atoms with Crippen LogP contribution in [0.4, 0.5) is 0 Å². The molecule has 0 saturated heterocycles. The standard InChI is InChI=1S/C12H12N2O2S/c1-8-4-2-3-5-9(8)6-10(12(15)16)11-13-7-14-17-11/h2-5,7,10H,6H2,1H3,(H,15,16). The third-order valence-corrected chi connectivity index (χ3v) is 3.44. The van der Waals surface area contributed by atoms with E-state index >= 15 is 0 Å². The molecule has 4 nitrogen and oxygen atoms in total. The lowest BCUT2D eigenvalue weighted by Gasteiger charge is -2.10. The second-order valence-corrected chi connectivity index (χ2v) is 4.61. The first kappa shape index (κ1) is 11.7. The van der Waals surface area contributed by atoms with Gasteiger partial charge in [0.15, 0.2) is 0 Å². The van der Waals surface area contributed by atoms with Crippen LogP contribution in [0.15, 0.2) is 30.6 Å². The van der Waals surface area contributed by atoms with Gasteiger partial charge in [0, 0.05) is 0 Å². The molecule has 0 aliphatic carbocycles. The lowest BCUT2D eigenvalue weighted by Crippen LogP contribution is -2.14. The highest BCUT2D eigenvalue weighted by molar-refractivity contribution is 7.05. The van der Waals surface area contributed by atoms with Gasteiger partial charge in [0.25, 0.3) is 0 Å². The lowest BCUT2D eigenvalue weighted by atomic mass is 9.97. The molecule has 1 N–H and O–H groups in total. The summed E-state index contributed by atoms with van der Waals surface area (Å²) in [5, 5.41) is 9.79. The summed E-state index contributed by atoms with van der Waals surface area (Å²) in [4.78, 5) is 15.2. The van der Waals surface area contributed by atoms with E-state index in [-0.39, 0.29) is 0 Å². The van der Waals surface area contributed by atoms with Crippen LogP contribution in [0, 0.1) is 6.92 Å². The summed E-state index contributed by atoms with van der Waals surface area (Å²) in [5.74, 6) is -1.46. The first-order valence-electron chi connectivity index (χ1n) is 5.22. The lowest BCUT2D eigenvalue weighted by molar-refractivity contribution is -0.138. The van der Waals surface area contributed by atoms with Crippen LogP contribution in [0.1, 0.15) is 22.1 Å². The molecule has 2 rings (SSSR count). The molecule has 5 heteroatoms. The van der Waals surface area contributed by atoms with Gasteiger partial charge in [-0.05, 0) is 36.0 Å². The maximum absolute atomic E-state index is 11.3. The van der Waals surface area contributed by atoms with Crippen molar-refractivity contribution in [2.45, 2.75) is 19.3 Å². The maximum Gasteiger partial charge on any atom is 0.313 e. The van der Waals surface area contributed by atoms with Gasteiger partial charge in [-0.2, -0.15) is 4.37 Å². The van der Waals surface area contributed by atoms with Gasteiger partial charge in [-0.1, -0.05) is 24.3 Å². The molecule has 1 aromatic carbocycles. The molecule has 0 spiro atoms. The Kier molecular flexibility index (Phi) is 3.49. The summed E-state index contributed by atoms with van der Waals surface area (Å²) in [6.45, 7) is 1.98. The number of carboxylic acids is 1. The van der Waals surface area contributed by atoms with Crippen molar-refractivity contribution < 1.29 is 9.90 Å². The monoisotopic (exact) mass is 248 g/mol. The summed E-state index contributed by atoms with van der Waals surface area (Å²) in [5.41, 5.74) is 2.14. The number of aromatic nitrogens is 2. The minimum atomic E-state index is -0.856. The Bertz CT molecular complexity index is 511. The smallest absolute Gasteiger partial charge is 0.313 e. The van der Waals surface area contributed by atoms with Gasteiger partial charge in [-0.15, -0.1) is 0 Å². The molecule has 0 saturated carbocycles. The van der Waals surface area contributed by atoms with Crippen LogP contribution < -0.4 is 0 Å². The first-order chi connectivity index (χ1) is 8.18. The molecule has 88 valence electrons. The molecule has 1 aromatic heterocycles. The highest BCUT2D eigenvalue weighted by Gasteiger charge is 2.23. The fourth-order valence-corrected chi connectivity index (χ4v) is 2.28. The molecule has 1 heterocycles. The second-order valence-electron chi connectivity index (χ2n) is 3.80. The van der Waals surface area contributed by atoms with Crippen molar-refractivity contribution in [3.8, 4) is 0 Å². The Morgan fingerprint density at radius 2 is 2.24 bits per heavy atom. The SMILES string of the molecule is Cc1ccccc1CC(C(=O)O)c1ncns1. The minimum Gasteiger partial charge on any atom is -0.481 e. The number of aryl methyl sites for hydroxylation is 1. The Morgan fingerprint density at radius 3 is 2.82 bits per heavy atom. The molecule has 0 aliphatic rings. The molecule has 1 atom stereocenters. The van der Waals surface area contributed by atoms with Crippen LogP contribution in [0.25, 0.3) is 0 Å². The van der Waals surface area contributed by atoms with Crippen LogP contribution >= 0.6 is 11.5 Å². The Hall–Kier alpha value is -1.75. The molecule has 0 fully saturated rings. The number of hydrogen-bond donors (Lipinski definition) is 1. The largest absolute Gasteiger partial charge is 0.481 e. The Labute approximate surface area is 103 Å². The van der Waals surface area contributed by atoms with Crippen LogP contribution in [-0.2, 0) is 11.2 Å². The summed E-state index contributed by atoms with van der Waals surface area (Å²) in [6.07, 6.45) is 1.85. The maximum atomic E-state index is 11.3. The molecular weight excluding hydrogens is 236 g/mol. The Balaban J connectivity index is 2.26. The summed E-state index contributed by atoms with van der Waals surface area (Å²) in [6, 6.07) is 7.79. The quantitative estimate of drug-likeness (QED) is 0.901. The third kappa shape index (κ3) is 2.68. The molecular formula is C12H12N2O2S. The highest BCUT2D eigenvalue weighted by Crippen LogP contribution is 2.23. The van der Waals surface area contributed by atoms with Crippen molar-refractivity contribution in [3.05, 3.63) is 46.7 Å². The van der Waals surface area contributed by atoms with Gasteiger partial charge in [0.05, 0.1) is 0 Å². The average molecular weight is 248 g/mol. The second kappa shape index (κ2) is 5.05. The Morgan fingerprint density at radius 1 is 1.47 bits per heavy atom. The van der Waals surface area contributed by atoms with Crippen LogP contribution in [0.3, 0.4) is 0 Å². The average Bonchev–Trinajstić information content (AvgIpc) is 2.81. The van der Waals surface area contributed by atoms with E-state index in [1.165, 1.54) is 6.33 Å². The summed E-state index contributed by atoms with van der Waals surface area (Å²) >= 11 is 1.14. The van der Waals surface area contributed by atoms with E-state index in [0.29, 0.717) is 11.4 Å². The van der Waals surface area contributed by atoms with E-state index in [9.17, 15) is 9.90 Å². The van der Waals surface area contributed by atoms with Crippen LogP contribution in [-0.4, -0.2) is 20.4 Å². The van der Waals surface area contributed by atoms with Gasteiger partial charge in [-0.3, -0.25) is 4.79 Å². The van der Waals surface area contributed by atoms with Gasteiger partial charge in [-0.25, -0.2) is 4.98 Å². The van der Waals surface area contributed by atoms with Crippen molar-refractivity contribution in [2.75, 3.05) is 0 Å². The topological polar surface area (TPSA) is 63.1 Å². The van der Waals surface area contributed by atoms with Crippen molar-refractivity contribution in [2.24, 2.45) is 0 Å². The summed E-state index contributed by atoms with van der Waals surface area (Å²) in [7, 11) is 0. The van der Waals surface area contributed by atoms with E-state index in [0.717, 1.165) is 22.7 Å². The molecule has 0 radical (unpaired) electrons. The molecule has 0 aliphatic heterocycles. The molecule has 17 heavy (non-hydrogen) atoms. The van der Waals surface area contributed by atoms with Crippen LogP contribution in [0.2, 0.25) is 0 Å². The van der Waals surface area contributed by atoms with Crippen molar-refractivity contribution in [1.82, 2.24) is 9.36 Å². The molecule has 0 amide bonds. The molecule has 0 bridgehead atoms. The third-order valence-electron chi connectivity index (χ3n) is 2.66. The number of carboxylic acid groups (broad SMARTS) is 1. The fourth-order valence-electron chi connectivity index (χ4n) is 1.67. The molecule has 2 aromatic rings. The van der Waals surface area contributed by atoms with Gasteiger partial charge in [0.1, 0.15) is 17.3 Å².